The summed E-state index contributed by atoms with van der Waals surface area (Å²) in [7, 11) is 0. The lowest BCUT2D eigenvalue weighted by Gasteiger charge is -2.30. The van der Waals surface area contributed by atoms with Gasteiger partial charge in [0.15, 0.2) is 0 Å². The molecule has 1 aliphatic rings. The molecule has 3 rings (SSSR count). The van der Waals surface area contributed by atoms with E-state index in [9.17, 15) is 9.59 Å². The number of hydrogen-bond donors (Lipinski definition) is 1. The fourth-order valence-electron chi connectivity index (χ4n) is 2.96. The molecular formula is C18H20N2O4. The van der Waals surface area contributed by atoms with E-state index in [0.29, 0.717) is 30.3 Å². The molecule has 0 aliphatic carbocycles. The lowest BCUT2D eigenvalue weighted by atomic mass is 9.98. The Balaban J connectivity index is 1.71. The van der Waals surface area contributed by atoms with Crippen LogP contribution in [0.3, 0.4) is 0 Å². The van der Waals surface area contributed by atoms with Gasteiger partial charge in [-0.1, -0.05) is 18.2 Å². The topological polar surface area (TPSA) is 83.6 Å². The van der Waals surface area contributed by atoms with Crippen molar-refractivity contribution in [2.75, 3.05) is 13.1 Å². The average molecular weight is 328 g/mol. The van der Waals surface area contributed by atoms with Crippen LogP contribution in [0.5, 0.6) is 0 Å². The molecular weight excluding hydrogens is 308 g/mol. The van der Waals surface area contributed by atoms with E-state index >= 15 is 0 Å². The first kappa shape index (κ1) is 16.2. The van der Waals surface area contributed by atoms with Crippen LogP contribution in [-0.2, 0) is 16.0 Å². The Morgan fingerprint density at radius 2 is 2.08 bits per heavy atom. The van der Waals surface area contributed by atoms with E-state index in [2.05, 4.69) is 4.98 Å². The minimum atomic E-state index is -0.837. The number of rotatable bonds is 4. The second-order valence-electron chi connectivity index (χ2n) is 6.08. The second kappa shape index (κ2) is 6.86. The van der Waals surface area contributed by atoms with Gasteiger partial charge < -0.3 is 14.4 Å². The number of carbonyl (C=O) groups is 2. The number of piperidine rings is 1. The van der Waals surface area contributed by atoms with E-state index in [1.807, 2.05) is 30.3 Å². The van der Waals surface area contributed by atoms with Gasteiger partial charge in [0.05, 0.1) is 18.0 Å². The maximum absolute atomic E-state index is 12.5. The molecule has 1 amide bonds. The number of aryl methyl sites for hydroxylation is 1. The van der Waals surface area contributed by atoms with Gasteiger partial charge in [-0.2, -0.15) is 0 Å². The van der Waals surface area contributed by atoms with E-state index in [4.69, 9.17) is 9.52 Å². The van der Waals surface area contributed by atoms with Gasteiger partial charge in [-0.3, -0.25) is 9.59 Å². The molecule has 1 aromatic heterocycles. The molecule has 24 heavy (non-hydrogen) atoms. The Morgan fingerprint density at radius 1 is 1.33 bits per heavy atom. The van der Waals surface area contributed by atoms with Crippen molar-refractivity contribution in [2.45, 2.75) is 26.2 Å². The zero-order chi connectivity index (χ0) is 17.1. The van der Waals surface area contributed by atoms with Gasteiger partial charge >= 0.3 is 5.97 Å². The van der Waals surface area contributed by atoms with E-state index in [1.54, 1.807) is 11.8 Å². The minimum absolute atomic E-state index is 0.100. The summed E-state index contributed by atoms with van der Waals surface area (Å²) < 4.78 is 5.67. The van der Waals surface area contributed by atoms with Crippen LogP contribution in [0.25, 0.3) is 11.5 Å². The van der Waals surface area contributed by atoms with Crippen LogP contribution in [0, 0.1) is 12.8 Å². The maximum atomic E-state index is 12.5. The van der Waals surface area contributed by atoms with Gasteiger partial charge in [0.1, 0.15) is 5.76 Å². The van der Waals surface area contributed by atoms with Crippen LogP contribution < -0.4 is 0 Å². The average Bonchev–Trinajstić information content (AvgIpc) is 2.96. The Labute approximate surface area is 140 Å². The SMILES string of the molecule is Cc1oc(-c2ccccc2)nc1CC(=O)N1CCCC(C(=O)O)C1. The first-order chi connectivity index (χ1) is 11.5. The molecule has 0 saturated carbocycles. The summed E-state index contributed by atoms with van der Waals surface area (Å²) in [4.78, 5) is 29.7. The first-order valence-corrected chi connectivity index (χ1v) is 8.07. The number of likely N-dealkylation sites (tertiary alicyclic amines) is 1. The molecule has 1 fully saturated rings. The largest absolute Gasteiger partial charge is 0.481 e. The standard InChI is InChI=1S/C18H20N2O4/c1-12-15(19-17(24-12)13-6-3-2-4-7-13)10-16(21)20-9-5-8-14(11-20)18(22)23/h2-4,6-7,14H,5,8-11H2,1H3,(H,22,23). The van der Waals surface area contributed by atoms with Crippen molar-refractivity contribution in [2.24, 2.45) is 5.92 Å². The van der Waals surface area contributed by atoms with Gasteiger partial charge in [-0.25, -0.2) is 4.98 Å². The minimum Gasteiger partial charge on any atom is -0.481 e. The van der Waals surface area contributed by atoms with Gasteiger partial charge in [0.2, 0.25) is 11.8 Å². The number of nitrogens with zero attached hydrogens (tertiary/aromatic N) is 2. The normalized spacial score (nSPS) is 17.7. The molecule has 1 N–H and O–H groups in total. The number of carbonyl (C=O) groups excluding carboxylic acids is 1. The van der Waals surface area contributed by atoms with Crippen molar-refractivity contribution < 1.29 is 19.1 Å². The van der Waals surface area contributed by atoms with Gasteiger partial charge in [0.25, 0.3) is 0 Å². The zero-order valence-electron chi connectivity index (χ0n) is 13.6. The number of oxazole rings is 1. The Kier molecular flexibility index (Phi) is 4.64. The predicted molar refractivity (Wildman–Crippen MR) is 87.3 cm³/mol. The third kappa shape index (κ3) is 3.48. The summed E-state index contributed by atoms with van der Waals surface area (Å²) in [5, 5.41) is 9.14. The third-order valence-corrected chi connectivity index (χ3v) is 4.36. The third-order valence-electron chi connectivity index (χ3n) is 4.36. The van der Waals surface area contributed by atoms with Crippen molar-refractivity contribution in [3.63, 3.8) is 0 Å². The van der Waals surface area contributed by atoms with E-state index in [-0.39, 0.29) is 18.9 Å². The van der Waals surface area contributed by atoms with Crippen molar-refractivity contribution in [3.8, 4) is 11.5 Å². The molecule has 126 valence electrons. The summed E-state index contributed by atoms with van der Waals surface area (Å²) >= 11 is 0. The number of benzene rings is 1. The highest BCUT2D eigenvalue weighted by atomic mass is 16.4. The van der Waals surface area contributed by atoms with Crippen molar-refractivity contribution >= 4 is 11.9 Å². The maximum Gasteiger partial charge on any atom is 0.308 e. The smallest absolute Gasteiger partial charge is 0.308 e. The summed E-state index contributed by atoms with van der Waals surface area (Å²) in [6.07, 6.45) is 1.48. The molecule has 1 atom stereocenters. The molecule has 0 bridgehead atoms. The van der Waals surface area contributed by atoms with Crippen molar-refractivity contribution in [1.82, 2.24) is 9.88 Å². The highest BCUT2D eigenvalue weighted by molar-refractivity contribution is 5.80. The van der Waals surface area contributed by atoms with Crippen LogP contribution in [-0.4, -0.2) is 40.0 Å². The van der Waals surface area contributed by atoms with Crippen LogP contribution >= 0.6 is 0 Å². The van der Waals surface area contributed by atoms with E-state index < -0.39 is 11.9 Å². The van der Waals surface area contributed by atoms with E-state index in [0.717, 1.165) is 12.0 Å². The summed E-state index contributed by atoms with van der Waals surface area (Å²) in [6, 6.07) is 9.52. The van der Waals surface area contributed by atoms with Crippen molar-refractivity contribution in [3.05, 3.63) is 41.8 Å². The molecule has 1 saturated heterocycles. The fourth-order valence-corrected chi connectivity index (χ4v) is 2.96. The Bertz CT molecular complexity index is 739. The zero-order valence-corrected chi connectivity index (χ0v) is 13.6. The molecule has 2 heterocycles. The number of hydrogen-bond acceptors (Lipinski definition) is 4. The lowest BCUT2D eigenvalue weighted by Crippen LogP contribution is -2.43. The highest BCUT2D eigenvalue weighted by Gasteiger charge is 2.28. The number of carboxylic acid groups (broad SMARTS) is 1. The Hall–Kier alpha value is -2.63. The number of amides is 1. The lowest BCUT2D eigenvalue weighted by molar-refractivity contribution is -0.145. The van der Waals surface area contributed by atoms with Gasteiger partial charge in [0, 0.05) is 18.7 Å². The van der Waals surface area contributed by atoms with E-state index in [1.165, 1.54) is 0 Å². The highest BCUT2D eigenvalue weighted by Crippen LogP contribution is 2.23. The summed E-state index contributed by atoms with van der Waals surface area (Å²) in [5.74, 6) is -0.290. The van der Waals surface area contributed by atoms with Crippen LogP contribution in [0.15, 0.2) is 34.7 Å². The molecule has 1 unspecified atom stereocenters. The monoisotopic (exact) mass is 328 g/mol. The van der Waals surface area contributed by atoms with Crippen LogP contribution in [0.1, 0.15) is 24.3 Å². The van der Waals surface area contributed by atoms with Crippen LogP contribution in [0.4, 0.5) is 0 Å². The molecule has 0 radical (unpaired) electrons. The van der Waals surface area contributed by atoms with Crippen molar-refractivity contribution in [1.29, 1.82) is 0 Å². The molecule has 1 aromatic carbocycles. The number of aliphatic carboxylic acids is 1. The molecule has 0 spiro atoms. The quantitative estimate of drug-likeness (QED) is 0.932. The fraction of sp³-hybridized carbons (Fsp3) is 0.389. The van der Waals surface area contributed by atoms with Gasteiger partial charge in [-0.05, 0) is 31.9 Å². The first-order valence-electron chi connectivity index (χ1n) is 8.07. The Morgan fingerprint density at radius 3 is 2.79 bits per heavy atom. The predicted octanol–water partition coefficient (Wildman–Crippen LogP) is 2.52. The molecule has 2 aromatic rings. The number of aromatic nitrogens is 1. The summed E-state index contributed by atoms with van der Waals surface area (Å²) in [5.41, 5.74) is 1.47. The van der Waals surface area contributed by atoms with Crippen LogP contribution in [0.2, 0.25) is 0 Å². The second-order valence-corrected chi connectivity index (χ2v) is 6.08. The summed E-state index contributed by atoms with van der Waals surface area (Å²) in [6.45, 7) is 2.67. The molecule has 6 heteroatoms. The number of carboxylic acids is 1. The molecule has 1 aliphatic heterocycles. The van der Waals surface area contributed by atoms with Gasteiger partial charge in [-0.15, -0.1) is 0 Å². The molecule has 6 nitrogen and oxygen atoms in total.